The summed E-state index contributed by atoms with van der Waals surface area (Å²) in [5.74, 6) is -0.506. The van der Waals surface area contributed by atoms with Gasteiger partial charge in [0.2, 0.25) is 5.91 Å². The van der Waals surface area contributed by atoms with Gasteiger partial charge in [0.25, 0.3) is 0 Å². The molecule has 0 bridgehead atoms. The summed E-state index contributed by atoms with van der Waals surface area (Å²) in [4.78, 5) is 27.6. The molecule has 0 heterocycles. The molecule has 0 spiro atoms. The fraction of sp³-hybridized carbons (Fsp3) is 0.167. The topological polar surface area (TPSA) is 93.8 Å². The summed E-state index contributed by atoms with van der Waals surface area (Å²) in [6.07, 6.45) is 0.335. The molecule has 2 aromatic rings. The highest BCUT2D eigenvalue weighted by Gasteiger charge is 2.07. The highest BCUT2D eigenvalue weighted by Crippen LogP contribution is 2.10. The van der Waals surface area contributed by atoms with E-state index < -0.39 is 5.97 Å². The van der Waals surface area contributed by atoms with Crippen molar-refractivity contribution in [2.24, 2.45) is 10.9 Å². The number of rotatable bonds is 5. The highest BCUT2D eigenvalue weighted by molar-refractivity contribution is 5.91. The zero-order valence-corrected chi connectivity index (χ0v) is 13.6. The quantitative estimate of drug-likeness (QED) is 0.382. The predicted molar refractivity (Wildman–Crippen MR) is 92.7 cm³/mol. The number of carbonyl (C=O) groups excluding carboxylic acids is 2. The Morgan fingerprint density at radius 2 is 1.71 bits per heavy atom. The lowest BCUT2D eigenvalue weighted by Gasteiger charge is -2.05. The standard InChI is InChI=1S/C18H19N3O3/c1-12-3-7-15(8-4-12)18(23)24-21-17(19)11-14-5-9-16(10-6-14)20-13(2)22/h3-10H,11H2,1-2H3,(H2,19,21)(H,20,22). The Morgan fingerprint density at radius 1 is 1.08 bits per heavy atom. The van der Waals surface area contributed by atoms with Crippen molar-refractivity contribution < 1.29 is 14.4 Å². The van der Waals surface area contributed by atoms with Crippen molar-refractivity contribution in [3.05, 3.63) is 65.2 Å². The summed E-state index contributed by atoms with van der Waals surface area (Å²) in [6.45, 7) is 3.38. The molecule has 3 N–H and O–H groups in total. The van der Waals surface area contributed by atoms with Gasteiger partial charge in [0.15, 0.2) is 0 Å². The molecule has 0 aromatic heterocycles. The molecule has 0 aliphatic carbocycles. The van der Waals surface area contributed by atoms with Gasteiger partial charge in [0.1, 0.15) is 5.84 Å². The predicted octanol–water partition coefficient (Wildman–Crippen LogP) is 2.63. The minimum absolute atomic E-state index is 0.133. The van der Waals surface area contributed by atoms with E-state index in [0.29, 0.717) is 17.7 Å². The molecule has 124 valence electrons. The summed E-state index contributed by atoms with van der Waals surface area (Å²) in [5.41, 5.74) is 8.83. The first kappa shape index (κ1) is 17.2. The van der Waals surface area contributed by atoms with E-state index in [9.17, 15) is 9.59 Å². The minimum atomic E-state index is -0.557. The first-order valence-electron chi connectivity index (χ1n) is 7.41. The number of anilines is 1. The molecule has 0 atom stereocenters. The van der Waals surface area contributed by atoms with Gasteiger partial charge >= 0.3 is 5.97 Å². The van der Waals surface area contributed by atoms with Crippen molar-refractivity contribution in [2.45, 2.75) is 20.3 Å². The van der Waals surface area contributed by atoms with Crippen molar-refractivity contribution in [1.82, 2.24) is 0 Å². The summed E-state index contributed by atoms with van der Waals surface area (Å²) in [7, 11) is 0. The third-order valence-electron chi connectivity index (χ3n) is 3.19. The molecular formula is C18H19N3O3. The monoisotopic (exact) mass is 325 g/mol. The molecule has 0 saturated carbocycles. The van der Waals surface area contributed by atoms with E-state index in [0.717, 1.165) is 11.1 Å². The second-order valence-corrected chi connectivity index (χ2v) is 5.38. The second-order valence-electron chi connectivity index (χ2n) is 5.38. The zero-order valence-electron chi connectivity index (χ0n) is 13.6. The molecule has 6 nitrogen and oxygen atoms in total. The van der Waals surface area contributed by atoms with Crippen LogP contribution in [0.25, 0.3) is 0 Å². The summed E-state index contributed by atoms with van der Waals surface area (Å²) in [6, 6.07) is 14.1. The number of nitrogens with two attached hydrogens (primary N) is 1. The van der Waals surface area contributed by atoms with Crippen LogP contribution in [-0.2, 0) is 16.1 Å². The summed E-state index contributed by atoms with van der Waals surface area (Å²) < 4.78 is 0. The average molecular weight is 325 g/mol. The van der Waals surface area contributed by atoms with Gasteiger partial charge in [-0.1, -0.05) is 35.0 Å². The van der Waals surface area contributed by atoms with Gasteiger partial charge in [-0.05, 0) is 36.8 Å². The van der Waals surface area contributed by atoms with E-state index in [1.165, 1.54) is 6.92 Å². The normalized spacial score (nSPS) is 11.0. The smallest absolute Gasteiger partial charge is 0.365 e. The van der Waals surface area contributed by atoms with Crippen LogP contribution >= 0.6 is 0 Å². The molecule has 0 saturated heterocycles. The van der Waals surface area contributed by atoms with Gasteiger partial charge in [-0.3, -0.25) is 4.79 Å². The van der Waals surface area contributed by atoms with Gasteiger partial charge in [0.05, 0.1) is 5.56 Å². The van der Waals surface area contributed by atoms with Crippen LogP contribution in [0, 0.1) is 6.92 Å². The number of nitrogens with one attached hydrogen (secondary N) is 1. The van der Waals surface area contributed by atoms with E-state index in [1.54, 1.807) is 24.3 Å². The van der Waals surface area contributed by atoms with Crippen LogP contribution in [0.1, 0.15) is 28.4 Å². The molecule has 24 heavy (non-hydrogen) atoms. The van der Waals surface area contributed by atoms with Crippen LogP contribution < -0.4 is 11.1 Å². The van der Waals surface area contributed by atoms with Gasteiger partial charge < -0.3 is 15.9 Å². The lowest BCUT2D eigenvalue weighted by molar-refractivity contribution is -0.114. The maximum atomic E-state index is 11.8. The van der Waals surface area contributed by atoms with Gasteiger partial charge in [-0.25, -0.2) is 4.79 Å². The molecule has 2 rings (SSSR count). The van der Waals surface area contributed by atoms with Crippen LogP contribution in [0.2, 0.25) is 0 Å². The Labute approximate surface area is 140 Å². The third-order valence-corrected chi connectivity index (χ3v) is 3.19. The number of hydrogen-bond donors (Lipinski definition) is 2. The molecule has 0 unspecified atom stereocenters. The maximum absolute atomic E-state index is 11.8. The summed E-state index contributed by atoms with van der Waals surface area (Å²) in [5, 5.41) is 6.34. The Bertz CT molecular complexity index is 750. The Kier molecular flexibility index (Phi) is 5.68. The molecular weight excluding hydrogens is 306 g/mol. The number of nitrogens with zero attached hydrogens (tertiary/aromatic N) is 1. The average Bonchev–Trinajstić information content (AvgIpc) is 2.54. The molecule has 1 amide bonds. The lowest BCUT2D eigenvalue weighted by Crippen LogP contribution is -2.16. The first-order valence-corrected chi connectivity index (χ1v) is 7.41. The van der Waals surface area contributed by atoms with E-state index in [1.807, 2.05) is 31.2 Å². The zero-order chi connectivity index (χ0) is 17.5. The van der Waals surface area contributed by atoms with Crippen LogP contribution in [0.15, 0.2) is 53.7 Å². The number of aryl methyl sites for hydroxylation is 1. The van der Waals surface area contributed by atoms with Gasteiger partial charge in [-0.15, -0.1) is 0 Å². The second kappa shape index (κ2) is 7.92. The first-order chi connectivity index (χ1) is 11.4. The molecule has 6 heteroatoms. The largest absolute Gasteiger partial charge is 0.384 e. The minimum Gasteiger partial charge on any atom is -0.384 e. The number of oxime groups is 1. The molecule has 0 aliphatic heterocycles. The van der Waals surface area contributed by atoms with Crippen LogP contribution in [-0.4, -0.2) is 17.7 Å². The Morgan fingerprint density at radius 3 is 2.29 bits per heavy atom. The van der Waals surface area contributed by atoms with Gasteiger partial charge in [-0.2, -0.15) is 0 Å². The Balaban J connectivity index is 1.92. The van der Waals surface area contributed by atoms with Crippen molar-refractivity contribution in [2.75, 3.05) is 5.32 Å². The third kappa shape index (κ3) is 5.24. The van der Waals surface area contributed by atoms with Crippen LogP contribution in [0.3, 0.4) is 0 Å². The number of benzene rings is 2. The van der Waals surface area contributed by atoms with Crippen molar-refractivity contribution >= 4 is 23.4 Å². The van der Waals surface area contributed by atoms with Crippen LogP contribution in [0.5, 0.6) is 0 Å². The fourth-order valence-corrected chi connectivity index (χ4v) is 1.99. The van der Waals surface area contributed by atoms with Crippen LogP contribution in [0.4, 0.5) is 5.69 Å². The van der Waals surface area contributed by atoms with E-state index in [2.05, 4.69) is 10.5 Å². The number of hydrogen-bond acceptors (Lipinski definition) is 4. The van der Waals surface area contributed by atoms with Crippen molar-refractivity contribution in [3.8, 4) is 0 Å². The molecule has 2 aromatic carbocycles. The van der Waals surface area contributed by atoms with Crippen molar-refractivity contribution in [1.29, 1.82) is 0 Å². The van der Waals surface area contributed by atoms with Crippen molar-refractivity contribution in [3.63, 3.8) is 0 Å². The summed E-state index contributed by atoms with van der Waals surface area (Å²) >= 11 is 0. The number of amidine groups is 1. The maximum Gasteiger partial charge on any atom is 0.365 e. The molecule has 0 fully saturated rings. The number of amides is 1. The van der Waals surface area contributed by atoms with Gasteiger partial charge in [0, 0.05) is 19.0 Å². The fourth-order valence-electron chi connectivity index (χ4n) is 1.99. The van der Waals surface area contributed by atoms with E-state index in [4.69, 9.17) is 10.6 Å². The Hall–Kier alpha value is -3.15. The van der Waals surface area contributed by atoms with E-state index in [-0.39, 0.29) is 11.7 Å². The molecule has 0 radical (unpaired) electrons. The van der Waals surface area contributed by atoms with E-state index >= 15 is 0 Å². The number of carbonyl (C=O) groups is 2. The lowest BCUT2D eigenvalue weighted by atomic mass is 10.1. The highest BCUT2D eigenvalue weighted by atomic mass is 16.7. The SMILES string of the molecule is CC(=O)Nc1ccc(C/C(N)=N\OC(=O)c2ccc(C)cc2)cc1. The molecule has 0 aliphatic rings.